The van der Waals surface area contributed by atoms with E-state index in [4.69, 9.17) is 23.2 Å². The van der Waals surface area contributed by atoms with Crippen LogP contribution in [0.1, 0.15) is 15.9 Å². The Hall–Kier alpha value is -2.54. The van der Waals surface area contributed by atoms with Crippen LogP contribution in [-0.4, -0.2) is 21.4 Å². The summed E-state index contributed by atoms with van der Waals surface area (Å²) in [5.74, 6) is -0.465. The molecule has 29 heavy (non-hydrogen) atoms. The lowest BCUT2D eigenvalue weighted by molar-refractivity contribution is 0.102. The maximum absolute atomic E-state index is 12.8. The molecular formula is C21H18Cl2N2O3S. The van der Waals surface area contributed by atoms with Crippen molar-refractivity contribution in [3.05, 3.63) is 87.9 Å². The van der Waals surface area contributed by atoms with Crippen molar-refractivity contribution in [2.45, 2.75) is 11.8 Å². The van der Waals surface area contributed by atoms with E-state index in [1.54, 1.807) is 42.5 Å². The van der Waals surface area contributed by atoms with Gasteiger partial charge in [-0.25, -0.2) is 8.42 Å². The molecule has 0 spiro atoms. The maximum Gasteiger partial charge on any atom is 0.264 e. The Bertz CT molecular complexity index is 1170. The third kappa shape index (κ3) is 4.56. The highest BCUT2D eigenvalue weighted by Gasteiger charge is 2.23. The molecule has 3 aromatic carbocycles. The topological polar surface area (TPSA) is 66.5 Å². The Morgan fingerprint density at radius 3 is 2.34 bits per heavy atom. The number of rotatable bonds is 5. The van der Waals surface area contributed by atoms with Crippen molar-refractivity contribution in [3.63, 3.8) is 0 Å². The molecule has 1 N–H and O–H groups in total. The number of nitrogens with zero attached hydrogens (tertiary/aromatic N) is 1. The van der Waals surface area contributed by atoms with Crippen LogP contribution >= 0.6 is 23.2 Å². The molecule has 1 amide bonds. The molecule has 8 heteroatoms. The van der Waals surface area contributed by atoms with Crippen molar-refractivity contribution in [2.75, 3.05) is 16.7 Å². The Morgan fingerprint density at radius 1 is 0.966 bits per heavy atom. The zero-order valence-electron chi connectivity index (χ0n) is 15.7. The summed E-state index contributed by atoms with van der Waals surface area (Å²) < 4.78 is 26.8. The Balaban J connectivity index is 1.93. The SMILES string of the molecule is Cc1ccc(Cl)cc1NC(=O)c1cc(N(C)S(=O)(=O)c2ccccc2)ccc1Cl. The van der Waals surface area contributed by atoms with Gasteiger partial charge in [-0.3, -0.25) is 9.10 Å². The summed E-state index contributed by atoms with van der Waals surface area (Å²) in [7, 11) is -2.35. The molecule has 0 radical (unpaired) electrons. The van der Waals surface area contributed by atoms with Gasteiger partial charge in [-0.2, -0.15) is 0 Å². The van der Waals surface area contributed by atoms with E-state index in [9.17, 15) is 13.2 Å². The van der Waals surface area contributed by atoms with E-state index < -0.39 is 15.9 Å². The zero-order valence-corrected chi connectivity index (χ0v) is 18.0. The summed E-state index contributed by atoms with van der Waals surface area (Å²) in [5, 5.41) is 3.46. The number of amides is 1. The van der Waals surface area contributed by atoms with Gasteiger partial charge in [-0.15, -0.1) is 0 Å². The fourth-order valence-electron chi connectivity index (χ4n) is 2.69. The molecule has 0 unspecified atom stereocenters. The van der Waals surface area contributed by atoms with Gasteiger partial charge >= 0.3 is 0 Å². The summed E-state index contributed by atoms with van der Waals surface area (Å²) in [6.45, 7) is 1.84. The van der Waals surface area contributed by atoms with Gasteiger partial charge in [-0.1, -0.05) is 47.5 Å². The molecule has 0 saturated carbocycles. The van der Waals surface area contributed by atoms with Crippen molar-refractivity contribution in [2.24, 2.45) is 0 Å². The second kappa shape index (κ2) is 8.45. The third-order valence-electron chi connectivity index (χ3n) is 4.41. The maximum atomic E-state index is 12.8. The number of hydrogen-bond acceptors (Lipinski definition) is 3. The number of benzene rings is 3. The predicted octanol–water partition coefficient (Wildman–Crippen LogP) is 5.38. The van der Waals surface area contributed by atoms with Crippen LogP contribution < -0.4 is 9.62 Å². The third-order valence-corrected chi connectivity index (χ3v) is 6.77. The number of carbonyl (C=O) groups is 1. The molecule has 0 aliphatic rings. The summed E-state index contributed by atoms with van der Waals surface area (Å²) in [4.78, 5) is 12.9. The van der Waals surface area contributed by atoms with Gasteiger partial charge < -0.3 is 5.32 Å². The second-order valence-corrected chi connectivity index (χ2v) is 9.18. The fraction of sp³-hybridized carbons (Fsp3) is 0.0952. The average Bonchev–Trinajstić information content (AvgIpc) is 2.71. The lowest BCUT2D eigenvalue weighted by Gasteiger charge is -2.20. The van der Waals surface area contributed by atoms with Crippen molar-refractivity contribution in [1.29, 1.82) is 0 Å². The average molecular weight is 449 g/mol. The van der Waals surface area contributed by atoms with Gasteiger partial charge in [0.25, 0.3) is 15.9 Å². The number of nitrogens with one attached hydrogen (secondary N) is 1. The largest absolute Gasteiger partial charge is 0.322 e. The first-order chi connectivity index (χ1) is 13.7. The van der Waals surface area contributed by atoms with Crippen LogP contribution in [0.25, 0.3) is 0 Å². The van der Waals surface area contributed by atoms with E-state index >= 15 is 0 Å². The monoisotopic (exact) mass is 448 g/mol. The van der Waals surface area contributed by atoms with Crippen molar-refractivity contribution in [3.8, 4) is 0 Å². The van der Waals surface area contributed by atoms with Crippen molar-refractivity contribution < 1.29 is 13.2 Å². The van der Waals surface area contributed by atoms with Crippen LogP contribution in [0, 0.1) is 6.92 Å². The molecule has 0 aliphatic carbocycles. The van der Waals surface area contributed by atoms with E-state index in [1.165, 1.54) is 31.3 Å². The Labute approximate surface area is 179 Å². The van der Waals surface area contributed by atoms with Crippen LogP contribution in [0.4, 0.5) is 11.4 Å². The van der Waals surface area contributed by atoms with E-state index in [2.05, 4.69) is 5.32 Å². The normalized spacial score (nSPS) is 11.2. The van der Waals surface area contributed by atoms with Crippen LogP contribution in [0.2, 0.25) is 10.0 Å². The van der Waals surface area contributed by atoms with Gasteiger partial charge in [0.05, 0.1) is 21.2 Å². The first-order valence-corrected chi connectivity index (χ1v) is 10.8. The summed E-state index contributed by atoms with van der Waals surface area (Å²) in [6, 6.07) is 17.7. The van der Waals surface area contributed by atoms with E-state index in [-0.39, 0.29) is 15.5 Å². The predicted molar refractivity (Wildman–Crippen MR) is 118 cm³/mol. The Kier molecular flexibility index (Phi) is 6.17. The molecule has 0 heterocycles. The summed E-state index contributed by atoms with van der Waals surface area (Å²) in [5.41, 5.74) is 1.85. The quantitative estimate of drug-likeness (QED) is 0.569. The molecule has 0 aromatic heterocycles. The molecular weight excluding hydrogens is 431 g/mol. The molecule has 0 atom stereocenters. The van der Waals surface area contributed by atoms with Gasteiger partial charge in [0.1, 0.15) is 0 Å². The number of aryl methyl sites for hydroxylation is 1. The lowest BCUT2D eigenvalue weighted by atomic mass is 10.1. The highest BCUT2D eigenvalue weighted by molar-refractivity contribution is 7.92. The highest BCUT2D eigenvalue weighted by atomic mass is 35.5. The molecule has 0 saturated heterocycles. The van der Waals surface area contributed by atoms with Gasteiger partial charge in [0, 0.05) is 17.8 Å². The number of sulfonamides is 1. The van der Waals surface area contributed by atoms with Gasteiger partial charge in [0.2, 0.25) is 0 Å². The van der Waals surface area contributed by atoms with Gasteiger partial charge in [0.15, 0.2) is 0 Å². The minimum atomic E-state index is -3.78. The van der Waals surface area contributed by atoms with Crippen LogP contribution in [0.15, 0.2) is 71.6 Å². The first-order valence-electron chi connectivity index (χ1n) is 8.61. The first kappa shape index (κ1) is 21.2. The fourth-order valence-corrected chi connectivity index (χ4v) is 4.27. The van der Waals surface area contributed by atoms with Crippen molar-refractivity contribution >= 4 is 50.5 Å². The minimum absolute atomic E-state index is 0.151. The Morgan fingerprint density at radius 2 is 1.66 bits per heavy atom. The smallest absolute Gasteiger partial charge is 0.264 e. The number of halogens is 2. The number of hydrogen-bond donors (Lipinski definition) is 1. The number of anilines is 2. The molecule has 3 aromatic rings. The highest BCUT2D eigenvalue weighted by Crippen LogP contribution is 2.28. The molecule has 150 valence electrons. The molecule has 0 fully saturated rings. The summed E-state index contributed by atoms with van der Waals surface area (Å²) >= 11 is 12.2. The second-order valence-electron chi connectivity index (χ2n) is 6.36. The lowest BCUT2D eigenvalue weighted by Crippen LogP contribution is -2.27. The van der Waals surface area contributed by atoms with E-state index in [1.807, 2.05) is 6.92 Å². The number of carbonyl (C=O) groups excluding carboxylic acids is 1. The standard InChI is InChI=1S/C21H18Cl2N2O3S/c1-14-8-9-15(22)12-20(14)24-21(26)18-13-16(10-11-19(18)23)25(2)29(27,28)17-6-4-3-5-7-17/h3-13H,1-2H3,(H,24,26). The van der Waals surface area contributed by atoms with Crippen molar-refractivity contribution in [1.82, 2.24) is 0 Å². The van der Waals surface area contributed by atoms with Crippen LogP contribution in [-0.2, 0) is 10.0 Å². The van der Waals surface area contributed by atoms with E-state index in [0.717, 1.165) is 9.87 Å². The molecule has 3 rings (SSSR count). The van der Waals surface area contributed by atoms with E-state index in [0.29, 0.717) is 16.4 Å². The van der Waals surface area contributed by atoms with Crippen LogP contribution in [0.5, 0.6) is 0 Å². The molecule has 0 aliphatic heterocycles. The zero-order chi connectivity index (χ0) is 21.2. The molecule has 0 bridgehead atoms. The molecule has 5 nitrogen and oxygen atoms in total. The minimum Gasteiger partial charge on any atom is -0.322 e. The van der Waals surface area contributed by atoms with Gasteiger partial charge in [-0.05, 0) is 55.0 Å². The van der Waals surface area contributed by atoms with Crippen LogP contribution in [0.3, 0.4) is 0 Å². The summed E-state index contributed by atoms with van der Waals surface area (Å²) in [6.07, 6.45) is 0.